The molecule has 1 aromatic rings. The van der Waals surface area contributed by atoms with Gasteiger partial charge in [-0.1, -0.05) is 5.21 Å². The summed E-state index contributed by atoms with van der Waals surface area (Å²) in [5.41, 5.74) is 5.89. The first kappa shape index (κ1) is 11.8. The Kier molecular flexibility index (Phi) is 2.77. The number of rotatable bonds is 2. The molecule has 17 heavy (non-hydrogen) atoms. The van der Waals surface area contributed by atoms with Crippen molar-refractivity contribution in [3.63, 3.8) is 0 Å². The van der Waals surface area contributed by atoms with Gasteiger partial charge in [-0.15, -0.1) is 5.10 Å². The monoisotopic (exact) mass is 249 g/mol. The summed E-state index contributed by atoms with van der Waals surface area (Å²) in [5, 5.41) is 7.45. The van der Waals surface area contributed by atoms with Crippen LogP contribution < -0.4 is 5.73 Å². The molecular weight excluding hydrogens is 239 g/mol. The van der Waals surface area contributed by atoms with Crippen molar-refractivity contribution < 1.29 is 18.0 Å². The molecule has 0 radical (unpaired) electrons. The summed E-state index contributed by atoms with van der Waals surface area (Å²) in [6.07, 6.45) is -3.24. The van der Waals surface area contributed by atoms with Gasteiger partial charge in [0, 0.05) is 19.6 Å². The molecule has 0 spiro atoms. The zero-order chi connectivity index (χ0) is 12.6. The van der Waals surface area contributed by atoms with Gasteiger partial charge in [0.05, 0.1) is 17.9 Å². The summed E-state index contributed by atoms with van der Waals surface area (Å²) in [5.74, 6) is -1.81. The number of hydrogen-bond donors (Lipinski definition) is 1. The maximum Gasteiger partial charge on any atom is 0.471 e. The van der Waals surface area contributed by atoms with Crippen LogP contribution in [0.1, 0.15) is 11.7 Å². The number of carbonyl (C=O) groups excluding carboxylic acids is 1. The van der Waals surface area contributed by atoms with E-state index in [1.165, 1.54) is 4.68 Å². The molecule has 1 amide bonds. The maximum absolute atomic E-state index is 12.1. The van der Waals surface area contributed by atoms with Crippen LogP contribution in [0.2, 0.25) is 0 Å². The van der Waals surface area contributed by atoms with E-state index in [0.29, 0.717) is 5.69 Å². The zero-order valence-corrected chi connectivity index (χ0v) is 8.68. The fraction of sp³-hybridized carbons (Fsp3) is 0.625. The number of amides is 1. The van der Waals surface area contributed by atoms with Crippen molar-refractivity contribution in [2.75, 3.05) is 13.1 Å². The summed E-state index contributed by atoms with van der Waals surface area (Å²) in [7, 11) is 0. The Morgan fingerprint density at radius 2 is 2.18 bits per heavy atom. The SMILES string of the molecule is NCc1cn(C2CN(C(=O)C(F)(F)F)C2)nn1. The van der Waals surface area contributed by atoms with E-state index in [4.69, 9.17) is 5.73 Å². The zero-order valence-electron chi connectivity index (χ0n) is 8.68. The fourth-order valence-electron chi connectivity index (χ4n) is 1.55. The van der Waals surface area contributed by atoms with Gasteiger partial charge >= 0.3 is 12.1 Å². The highest BCUT2D eigenvalue weighted by Gasteiger charge is 2.47. The number of likely N-dealkylation sites (tertiary alicyclic amines) is 1. The Balaban J connectivity index is 1.93. The molecule has 0 atom stereocenters. The average Bonchev–Trinajstić information content (AvgIpc) is 2.62. The highest BCUT2D eigenvalue weighted by molar-refractivity contribution is 5.82. The summed E-state index contributed by atoms with van der Waals surface area (Å²) in [4.78, 5) is 11.6. The number of carbonyl (C=O) groups is 1. The maximum atomic E-state index is 12.1. The molecule has 0 unspecified atom stereocenters. The number of nitrogens with two attached hydrogens (primary N) is 1. The van der Waals surface area contributed by atoms with Crippen molar-refractivity contribution in [1.29, 1.82) is 0 Å². The lowest BCUT2D eigenvalue weighted by atomic mass is 10.1. The normalized spacial score (nSPS) is 17.1. The van der Waals surface area contributed by atoms with E-state index in [2.05, 4.69) is 10.3 Å². The number of alkyl halides is 3. The van der Waals surface area contributed by atoms with Crippen molar-refractivity contribution in [3.8, 4) is 0 Å². The second kappa shape index (κ2) is 3.99. The van der Waals surface area contributed by atoms with E-state index in [9.17, 15) is 18.0 Å². The minimum Gasteiger partial charge on any atom is -0.330 e. The van der Waals surface area contributed by atoms with E-state index in [1.54, 1.807) is 6.20 Å². The van der Waals surface area contributed by atoms with Crippen LogP contribution in [0.3, 0.4) is 0 Å². The van der Waals surface area contributed by atoms with E-state index >= 15 is 0 Å². The standard InChI is InChI=1S/C8H10F3N5O/c9-8(10,11)7(17)15-3-6(4-15)16-2-5(1-12)13-14-16/h2,6H,1,3-4,12H2. The van der Waals surface area contributed by atoms with Crippen molar-refractivity contribution in [1.82, 2.24) is 19.9 Å². The molecule has 1 aromatic heterocycles. The van der Waals surface area contributed by atoms with Crippen LogP contribution >= 0.6 is 0 Å². The Bertz CT molecular complexity index is 423. The lowest BCUT2D eigenvalue weighted by Crippen LogP contribution is -2.55. The molecule has 1 aliphatic rings. The lowest BCUT2D eigenvalue weighted by molar-refractivity contribution is -0.191. The van der Waals surface area contributed by atoms with Gasteiger partial charge in [0.2, 0.25) is 0 Å². The third kappa shape index (κ3) is 2.23. The highest BCUT2D eigenvalue weighted by atomic mass is 19.4. The minimum absolute atomic E-state index is 0.00822. The number of aromatic nitrogens is 3. The number of hydrogen-bond acceptors (Lipinski definition) is 4. The van der Waals surface area contributed by atoms with Gasteiger partial charge in [0.25, 0.3) is 0 Å². The molecule has 2 rings (SSSR count). The molecule has 9 heteroatoms. The molecule has 0 bridgehead atoms. The third-order valence-electron chi connectivity index (χ3n) is 2.53. The van der Waals surface area contributed by atoms with Gasteiger partial charge in [-0.3, -0.25) is 4.79 Å². The van der Waals surface area contributed by atoms with Gasteiger partial charge in [0.15, 0.2) is 0 Å². The molecule has 0 saturated carbocycles. The minimum atomic E-state index is -4.81. The van der Waals surface area contributed by atoms with Gasteiger partial charge in [-0.05, 0) is 0 Å². The smallest absolute Gasteiger partial charge is 0.330 e. The number of halogens is 3. The van der Waals surface area contributed by atoms with Crippen LogP contribution in [0, 0.1) is 0 Å². The van der Waals surface area contributed by atoms with E-state index < -0.39 is 12.1 Å². The van der Waals surface area contributed by atoms with E-state index in [-0.39, 0.29) is 25.7 Å². The van der Waals surface area contributed by atoms with E-state index in [1.807, 2.05) is 0 Å². The predicted octanol–water partition coefficient (Wildman–Crippen LogP) is -0.318. The van der Waals surface area contributed by atoms with Gasteiger partial charge in [-0.25, -0.2) is 4.68 Å². The first-order chi connectivity index (χ1) is 7.91. The Hall–Kier alpha value is -1.64. The van der Waals surface area contributed by atoms with Crippen molar-refractivity contribution in [2.24, 2.45) is 5.73 Å². The van der Waals surface area contributed by atoms with Crippen LogP contribution in [-0.2, 0) is 11.3 Å². The fourth-order valence-corrected chi connectivity index (χ4v) is 1.55. The molecular formula is C8H10F3N5O. The molecule has 1 fully saturated rings. The predicted molar refractivity (Wildman–Crippen MR) is 49.6 cm³/mol. The summed E-state index contributed by atoms with van der Waals surface area (Å²) >= 11 is 0. The molecule has 1 aliphatic heterocycles. The molecule has 2 heterocycles. The second-order valence-electron chi connectivity index (χ2n) is 3.76. The summed E-state index contributed by atoms with van der Waals surface area (Å²) in [6.45, 7) is 0.204. The molecule has 94 valence electrons. The quantitative estimate of drug-likeness (QED) is 0.779. The van der Waals surface area contributed by atoms with Gasteiger partial charge < -0.3 is 10.6 Å². The van der Waals surface area contributed by atoms with Crippen LogP contribution in [0.25, 0.3) is 0 Å². The Morgan fingerprint density at radius 3 is 2.65 bits per heavy atom. The largest absolute Gasteiger partial charge is 0.471 e. The van der Waals surface area contributed by atoms with Crippen molar-refractivity contribution in [3.05, 3.63) is 11.9 Å². The molecule has 6 nitrogen and oxygen atoms in total. The van der Waals surface area contributed by atoms with Crippen LogP contribution in [0.5, 0.6) is 0 Å². The molecule has 1 saturated heterocycles. The molecule has 0 aromatic carbocycles. The molecule has 2 N–H and O–H groups in total. The Labute approximate surface area is 94.2 Å². The first-order valence-electron chi connectivity index (χ1n) is 4.88. The van der Waals surface area contributed by atoms with Gasteiger partial charge in [-0.2, -0.15) is 13.2 Å². The highest BCUT2D eigenvalue weighted by Crippen LogP contribution is 2.26. The topological polar surface area (TPSA) is 77.0 Å². The summed E-state index contributed by atoms with van der Waals surface area (Å²) < 4.78 is 37.6. The van der Waals surface area contributed by atoms with Crippen LogP contribution in [-0.4, -0.2) is 45.1 Å². The average molecular weight is 249 g/mol. The lowest BCUT2D eigenvalue weighted by Gasteiger charge is -2.38. The third-order valence-corrected chi connectivity index (χ3v) is 2.53. The van der Waals surface area contributed by atoms with Crippen LogP contribution in [0.4, 0.5) is 13.2 Å². The van der Waals surface area contributed by atoms with Crippen molar-refractivity contribution >= 4 is 5.91 Å². The molecule has 0 aliphatic carbocycles. The van der Waals surface area contributed by atoms with Gasteiger partial charge in [0.1, 0.15) is 0 Å². The summed E-state index contributed by atoms with van der Waals surface area (Å²) in [6, 6.07) is -0.255. The van der Waals surface area contributed by atoms with Crippen molar-refractivity contribution in [2.45, 2.75) is 18.8 Å². The van der Waals surface area contributed by atoms with E-state index in [0.717, 1.165) is 4.90 Å². The number of nitrogens with zero attached hydrogens (tertiary/aromatic N) is 4. The first-order valence-corrected chi connectivity index (χ1v) is 4.88. The second-order valence-corrected chi connectivity index (χ2v) is 3.76. The van der Waals surface area contributed by atoms with Crippen LogP contribution in [0.15, 0.2) is 6.20 Å². The Morgan fingerprint density at radius 1 is 1.53 bits per heavy atom.